The van der Waals surface area contributed by atoms with Gasteiger partial charge in [-0.25, -0.2) is 9.97 Å². The van der Waals surface area contributed by atoms with Gasteiger partial charge in [0, 0.05) is 18.0 Å². The highest BCUT2D eigenvalue weighted by atomic mass is 15.0. The normalized spacial score (nSPS) is 11.9. The number of nitrogens with zero attached hydrogens (tertiary/aromatic N) is 3. The first-order valence-corrected chi connectivity index (χ1v) is 6.87. The molecule has 21 heavy (non-hydrogen) atoms. The van der Waals surface area contributed by atoms with Crippen LogP contribution in [0.15, 0.2) is 67.3 Å². The van der Waals surface area contributed by atoms with Crippen molar-refractivity contribution in [1.82, 2.24) is 15.0 Å². The van der Waals surface area contributed by atoms with E-state index in [4.69, 9.17) is 0 Å². The minimum Gasteiger partial charge on any atom is -0.376 e. The summed E-state index contributed by atoms with van der Waals surface area (Å²) >= 11 is 0. The number of benzene rings is 1. The molecule has 0 aliphatic rings. The van der Waals surface area contributed by atoms with Crippen LogP contribution in [0.25, 0.3) is 11.4 Å². The Hall–Kier alpha value is -2.75. The van der Waals surface area contributed by atoms with E-state index < -0.39 is 0 Å². The molecule has 0 aliphatic heterocycles. The third-order valence-corrected chi connectivity index (χ3v) is 3.25. The van der Waals surface area contributed by atoms with Crippen molar-refractivity contribution >= 4 is 5.69 Å². The zero-order chi connectivity index (χ0) is 14.5. The van der Waals surface area contributed by atoms with E-state index in [0.29, 0.717) is 0 Å². The first-order valence-electron chi connectivity index (χ1n) is 6.87. The minimum atomic E-state index is 0.157. The van der Waals surface area contributed by atoms with E-state index in [2.05, 4.69) is 27.2 Å². The van der Waals surface area contributed by atoms with Crippen LogP contribution in [-0.4, -0.2) is 15.0 Å². The Labute approximate surface area is 123 Å². The zero-order valence-corrected chi connectivity index (χ0v) is 11.8. The lowest BCUT2D eigenvalue weighted by Crippen LogP contribution is -2.07. The highest BCUT2D eigenvalue weighted by Gasteiger charge is 2.06. The molecule has 104 valence electrons. The zero-order valence-electron chi connectivity index (χ0n) is 11.8. The van der Waals surface area contributed by atoms with Crippen molar-refractivity contribution in [2.75, 3.05) is 5.32 Å². The van der Waals surface area contributed by atoms with Gasteiger partial charge in [0.05, 0.1) is 24.1 Å². The van der Waals surface area contributed by atoms with Gasteiger partial charge in [-0.05, 0) is 18.6 Å². The standard InChI is InChI=1S/C17H16N4/c1-13(15-8-5-9-18-10-15)21-16-11-19-17(20-12-16)14-6-3-2-4-7-14/h2-13,21H,1H3. The minimum absolute atomic E-state index is 0.157. The SMILES string of the molecule is CC(Nc1cnc(-c2ccccc2)nc1)c1cccnc1. The summed E-state index contributed by atoms with van der Waals surface area (Å²) in [6.07, 6.45) is 7.25. The molecule has 0 spiro atoms. The third-order valence-electron chi connectivity index (χ3n) is 3.25. The molecule has 4 heteroatoms. The topological polar surface area (TPSA) is 50.7 Å². The number of hydrogen-bond donors (Lipinski definition) is 1. The number of nitrogens with one attached hydrogen (secondary N) is 1. The lowest BCUT2D eigenvalue weighted by Gasteiger charge is -2.14. The summed E-state index contributed by atoms with van der Waals surface area (Å²) < 4.78 is 0. The second-order valence-electron chi connectivity index (χ2n) is 4.81. The lowest BCUT2D eigenvalue weighted by molar-refractivity contribution is 0.871. The fraction of sp³-hybridized carbons (Fsp3) is 0.118. The van der Waals surface area contributed by atoms with Crippen molar-refractivity contribution in [2.45, 2.75) is 13.0 Å². The molecular formula is C17H16N4. The smallest absolute Gasteiger partial charge is 0.159 e. The highest BCUT2D eigenvalue weighted by Crippen LogP contribution is 2.19. The number of pyridine rings is 1. The monoisotopic (exact) mass is 276 g/mol. The van der Waals surface area contributed by atoms with Gasteiger partial charge in [-0.2, -0.15) is 0 Å². The average molecular weight is 276 g/mol. The van der Waals surface area contributed by atoms with Crippen LogP contribution in [0.5, 0.6) is 0 Å². The molecular weight excluding hydrogens is 260 g/mol. The molecule has 0 radical (unpaired) electrons. The van der Waals surface area contributed by atoms with Crippen LogP contribution in [0, 0.1) is 0 Å². The largest absolute Gasteiger partial charge is 0.376 e. The molecule has 1 atom stereocenters. The van der Waals surface area contributed by atoms with Crippen LogP contribution in [0.3, 0.4) is 0 Å². The fourth-order valence-corrected chi connectivity index (χ4v) is 2.10. The summed E-state index contributed by atoms with van der Waals surface area (Å²) in [5, 5.41) is 3.37. The van der Waals surface area contributed by atoms with Gasteiger partial charge in [0.25, 0.3) is 0 Å². The summed E-state index contributed by atoms with van der Waals surface area (Å²) in [5.74, 6) is 0.732. The van der Waals surface area contributed by atoms with E-state index in [-0.39, 0.29) is 6.04 Å². The molecule has 0 saturated heterocycles. The van der Waals surface area contributed by atoms with E-state index in [9.17, 15) is 0 Å². The fourth-order valence-electron chi connectivity index (χ4n) is 2.10. The third kappa shape index (κ3) is 3.23. The lowest BCUT2D eigenvalue weighted by atomic mass is 10.1. The van der Waals surface area contributed by atoms with Gasteiger partial charge in [0.15, 0.2) is 5.82 Å². The van der Waals surface area contributed by atoms with Crippen LogP contribution >= 0.6 is 0 Å². The Morgan fingerprint density at radius 2 is 1.67 bits per heavy atom. The highest BCUT2D eigenvalue weighted by molar-refractivity contribution is 5.55. The maximum atomic E-state index is 4.41. The summed E-state index contributed by atoms with van der Waals surface area (Å²) in [7, 11) is 0. The van der Waals surface area contributed by atoms with Crippen LogP contribution in [0.2, 0.25) is 0 Å². The van der Waals surface area contributed by atoms with Crippen LogP contribution < -0.4 is 5.32 Å². The Balaban J connectivity index is 1.73. The predicted octanol–water partition coefficient (Wildman–Crippen LogP) is 3.71. The summed E-state index contributed by atoms with van der Waals surface area (Å²) in [6, 6.07) is 14.1. The Bertz CT molecular complexity index is 681. The van der Waals surface area contributed by atoms with E-state index in [1.54, 1.807) is 6.20 Å². The van der Waals surface area contributed by atoms with Gasteiger partial charge in [0.1, 0.15) is 0 Å². The summed E-state index contributed by atoms with van der Waals surface area (Å²) in [5.41, 5.74) is 3.04. The van der Waals surface area contributed by atoms with Crippen molar-refractivity contribution in [3.05, 3.63) is 72.8 Å². The van der Waals surface area contributed by atoms with Gasteiger partial charge in [0.2, 0.25) is 0 Å². The quantitative estimate of drug-likeness (QED) is 0.789. The van der Waals surface area contributed by atoms with Crippen molar-refractivity contribution in [3.8, 4) is 11.4 Å². The molecule has 0 fully saturated rings. The van der Waals surface area contributed by atoms with Crippen molar-refractivity contribution in [2.24, 2.45) is 0 Å². The molecule has 2 heterocycles. The first-order chi connectivity index (χ1) is 10.3. The van der Waals surface area contributed by atoms with Crippen molar-refractivity contribution in [3.63, 3.8) is 0 Å². The molecule has 3 aromatic rings. The molecule has 0 saturated carbocycles. The van der Waals surface area contributed by atoms with Crippen LogP contribution in [0.1, 0.15) is 18.5 Å². The Morgan fingerprint density at radius 1 is 0.905 bits per heavy atom. The van der Waals surface area contributed by atoms with E-state index in [1.165, 1.54) is 0 Å². The van der Waals surface area contributed by atoms with Crippen molar-refractivity contribution in [1.29, 1.82) is 0 Å². The Kier molecular flexibility index (Phi) is 3.87. The van der Waals surface area contributed by atoms with Crippen LogP contribution in [0.4, 0.5) is 5.69 Å². The molecule has 1 aromatic carbocycles. The molecule has 0 aliphatic carbocycles. The number of anilines is 1. The van der Waals surface area contributed by atoms with E-state index >= 15 is 0 Å². The molecule has 0 bridgehead atoms. The van der Waals surface area contributed by atoms with Gasteiger partial charge >= 0.3 is 0 Å². The second-order valence-corrected chi connectivity index (χ2v) is 4.81. The maximum Gasteiger partial charge on any atom is 0.159 e. The van der Waals surface area contributed by atoms with E-state index in [0.717, 1.165) is 22.6 Å². The summed E-state index contributed by atoms with van der Waals surface area (Å²) in [4.78, 5) is 12.9. The molecule has 1 N–H and O–H groups in total. The second kappa shape index (κ2) is 6.13. The van der Waals surface area contributed by atoms with E-state index in [1.807, 2.05) is 61.1 Å². The van der Waals surface area contributed by atoms with Gasteiger partial charge in [-0.3, -0.25) is 4.98 Å². The average Bonchev–Trinajstić information content (AvgIpc) is 2.57. The first kappa shape index (κ1) is 13.2. The molecule has 2 aromatic heterocycles. The Morgan fingerprint density at radius 3 is 2.33 bits per heavy atom. The molecule has 4 nitrogen and oxygen atoms in total. The van der Waals surface area contributed by atoms with Gasteiger partial charge < -0.3 is 5.32 Å². The molecule has 0 amide bonds. The van der Waals surface area contributed by atoms with Crippen molar-refractivity contribution < 1.29 is 0 Å². The maximum absolute atomic E-state index is 4.41. The van der Waals surface area contributed by atoms with Crippen LogP contribution in [-0.2, 0) is 0 Å². The number of hydrogen-bond acceptors (Lipinski definition) is 4. The number of rotatable bonds is 4. The van der Waals surface area contributed by atoms with Gasteiger partial charge in [-0.15, -0.1) is 0 Å². The molecule has 1 unspecified atom stereocenters. The predicted molar refractivity (Wildman–Crippen MR) is 83.7 cm³/mol. The summed E-state index contributed by atoms with van der Waals surface area (Å²) in [6.45, 7) is 2.09. The molecule has 3 rings (SSSR count). The van der Waals surface area contributed by atoms with Gasteiger partial charge in [-0.1, -0.05) is 36.4 Å². The number of aromatic nitrogens is 3.